The second kappa shape index (κ2) is 11.3. The van der Waals surface area contributed by atoms with Crippen molar-refractivity contribution in [1.29, 1.82) is 0 Å². The summed E-state index contributed by atoms with van der Waals surface area (Å²) in [6.07, 6.45) is 7.19. The number of carbonyl (C=O) groups excluding carboxylic acids is 2. The molecule has 1 aromatic heterocycles. The average Bonchev–Trinajstić information content (AvgIpc) is 3.42. The Morgan fingerprint density at radius 1 is 1.03 bits per heavy atom. The van der Waals surface area contributed by atoms with Crippen LogP contribution in [0.15, 0.2) is 54.9 Å². The van der Waals surface area contributed by atoms with E-state index in [0.29, 0.717) is 31.7 Å². The number of fused-ring (bicyclic) bond motifs is 3. The summed E-state index contributed by atoms with van der Waals surface area (Å²) in [6, 6.07) is 15.9. The van der Waals surface area contributed by atoms with E-state index in [1.807, 2.05) is 41.3 Å². The highest BCUT2D eigenvalue weighted by Gasteiger charge is 2.29. The van der Waals surface area contributed by atoms with Crippen LogP contribution in [0.1, 0.15) is 53.6 Å². The molecular formula is C27H32N6O3. The predicted molar refractivity (Wildman–Crippen MR) is 133 cm³/mol. The van der Waals surface area contributed by atoms with Crippen molar-refractivity contribution in [1.82, 2.24) is 30.0 Å². The number of tetrazole rings is 1. The summed E-state index contributed by atoms with van der Waals surface area (Å²) < 4.78 is 7.60. The van der Waals surface area contributed by atoms with Crippen LogP contribution in [0.25, 0.3) is 0 Å². The van der Waals surface area contributed by atoms with E-state index in [9.17, 15) is 9.59 Å². The third-order valence-corrected chi connectivity index (χ3v) is 7.00. The van der Waals surface area contributed by atoms with E-state index >= 15 is 0 Å². The van der Waals surface area contributed by atoms with Crippen LogP contribution in [0.5, 0.6) is 5.75 Å². The van der Waals surface area contributed by atoms with Gasteiger partial charge in [0, 0.05) is 24.7 Å². The van der Waals surface area contributed by atoms with Crippen LogP contribution in [0.2, 0.25) is 0 Å². The lowest BCUT2D eigenvalue weighted by Gasteiger charge is -2.37. The van der Waals surface area contributed by atoms with Gasteiger partial charge >= 0.3 is 0 Å². The van der Waals surface area contributed by atoms with E-state index in [4.69, 9.17) is 4.74 Å². The summed E-state index contributed by atoms with van der Waals surface area (Å²) in [4.78, 5) is 30.6. The highest BCUT2D eigenvalue weighted by Crippen LogP contribution is 2.24. The minimum atomic E-state index is -0.139. The Morgan fingerprint density at radius 2 is 1.92 bits per heavy atom. The Kier molecular flexibility index (Phi) is 7.54. The van der Waals surface area contributed by atoms with E-state index in [1.165, 1.54) is 5.56 Å². The van der Waals surface area contributed by atoms with Crippen molar-refractivity contribution in [2.45, 2.75) is 51.1 Å². The molecule has 2 aromatic carbocycles. The molecule has 0 aliphatic carbocycles. The Bertz CT molecular complexity index is 1160. The zero-order valence-corrected chi connectivity index (χ0v) is 20.5. The van der Waals surface area contributed by atoms with Gasteiger partial charge in [0.15, 0.2) is 0 Å². The maximum absolute atomic E-state index is 13.5. The summed E-state index contributed by atoms with van der Waals surface area (Å²) in [6.45, 7) is 2.32. The zero-order valence-electron chi connectivity index (χ0n) is 20.5. The molecule has 0 spiro atoms. The normalized spacial score (nSPS) is 19.2. The minimum absolute atomic E-state index is 0.0371. The van der Waals surface area contributed by atoms with E-state index < -0.39 is 0 Å². The van der Waals surface area contributed by atoms with Crippen LogP contribution in [-0.4, -0.2) is 74.1 Å². The first-order valence-corrected chi connectivity index (χ1v) is 12.8. The van der Waals surface area contributed by atoms with Crippen molar-refractivity contribution in [3.63, 3.8) is 0 Å². The Hall–Kier alpha value is -3.75. The third kappa shape index (κ3) is 5.90. The zero-order chi connectivity index (χ0) is 24.7. The molecule has 1 unspecified atom stereocenters. The second-order valence-corrected chi connectivity index (χ2v) is 9.56. The fourth-order valence-electron chi connectivity index (χ4n) is 5.08. The average molecular weight is 489 g/mol. The molecule has 2 bridgehead atoms. The van der Waals surface area contributed by atoms with Gasteiger partial charge in [-0.3, -0.25) is 9.59 Å². The number of aryl methyl sites for hydroxylation is 1. The topological polar surface area (TPSA) is 93.4 Å². The lowest BCUT2D eigenvalue weighted by atomic mass is 9.95. The van der Waals surface area contributed by atoms with Gasteiger partial charge in [-0.15, -0.1) is 5.10 Å². The second-order valence-electron chi connectivity index (χ2n) is 9.56. The molecule has 0 saturated carbocycles. The monoisotopic (exact) mass is 488 g/mol. The number of amides is 2. The number of carbonyl (C=O) groups is 2. The Labute approximate surface area is 211 Å². The number of ether oxygens (including phenoxy) is 1. The first-order valence-electron chi connectivity index (χ1n) is 12.8. The number of benzene rings is 2. The molecule has 1 saturated heterocycles. The molecule has 0 radical (unpaired) electrons. The smallest absolute Gasteiger partial charge is 0.254 e. The molecule has 5 rings (SSSR count). The highest BCUT2D eigenvalue weighted by molar-refractivity contribution is 5.96. The maximum Gasteiger partial charge on any atom is 0.254 e. The summed E-state index contributed by atoms with van der Waals surface area (Å²) in [5, 5.41) is 11.2. The van der Waals surface area contributed by atoms with E-state index in [2.05, 4.69) is 27.7 Å². The molecule has 2 aliphatic heterocycles. The number of hydrogen-bond acceptors (Lipinski definition) is 6. The quantitative estimate of drug-likeness (QED) is 0.563. The molecular weight excluding hydrogens is 456 g/mol. The number of piperidine rings is 1. The van der Waals surface area contributed by atoms with Gasteiger partial charge < -0.3 is 14.5 Å². The molecule has 1 fully saturated rings. The summed E-state index contributed by atoms with van der Waals surface area (Å²) in [7, 11) is 0. The van der Waals surface area contributed by atoms with Gasteiger partial charge in [-0.05, 0) is 84.3 Å². The Morgan fingerprint density at radius 3 is 2.75 bits per heavy atom. The van der Waals surface area contributed by atoms with Crippen molar-refractivity contribution >= 4 is 11.8 Å². The largest absolute Gasteiger partial charge is 0.494 e. The molecule has 3 heterocycles. The molecule has 9 heteroatoms. The standard InChI is InChI=1S/C27H32N6O3/c34-26-19-31(27(35)23-11-8-22(9-12-23)18-32-20-28-29-30-32)14-4-16-36-25-7-3-5-21(17-25)10-13-24-6-1-2-15-33(24)26/h3,5,7-9,11-12,17,20,24H,1-2,4,6,10,13-16,18-19H2. The van der Waals surface area contributed by atoms with E-state index in [1.54, 1.807) is 15.9 Å². The van der Waals surface area contributed by atoms with Gasteiger partial charge in [0.25, 0.3) is 5.91 Å². The van der Waals surface area contributed by atoms with Crippen molar-refractivity contribution in [3.8, 4) is 5.75 Å². The highest BCUT2D eigenvalue weighted by atomic mass is 16.5. The summed E-state index contributed by atoms with van der Waals surface area (Å²) in [5.41, 5.74) is 2.79. The van der Waals surface area contributed by atoms with Crippen LogP contribution in [-0.2, 0) is 17.8 Å². The lowest BCUT2D eigenvalue weighted by Crippen LogP contribution is -2.49. The van der Waals surface area contributed by atoms with Gasteiger partial charge in [-0.1, -0.05) is 24.3 Å². The van der Waals surface area contributed by atoms with E-state index in [-0.39, 0.29) is 24.4 Å². The molecule has 0 N–H and O–H groups in total. The first kappa shape index (κ1) is 24.0. The van der Waals surface area contributed by atoms with Crippen LogP contribution in [0.4, 0.5) is 0 Å². The van der Waals surface area contributed by atoms with E-state index in [0.717, 1.165) is 50.0 Å². The fraction of sp³-hybridized carbons (Fsp3) is 0.444. The molecule has 1 atom stereocenters. The number of nitrogens with zero attached hydrogens (tertiary/aromatic N) is 6. The molecule has 36 heavy (non-hydrogen) atoms. The minimum Gasteiger partial charge on any atom is -0.494 e. The van der Waals surface area contributed by atoms with Gasteiger partial charge in [-0.2, -0.15) is 0 Å². The molecule has 2 amide bonds. The van der Waals surface area contributed by atoms with Crippen molar-refractivity contribution < 1.29 is 14.3 Å². The number of aromatic nitrogens is 4. The third-order valence-electron chi connectivity index (χ3n) is 7.00. The van der Waals surface area contributed by atoms with Crippen molar-refractivity contribution in [2.75, 3.05) is 26.2 Å². The van der Waals surface area contributed by atoms with Gasteiger partial charge in [0.05, 0.1) is 13.2 Å². The van der Waals surface area contributed by atoms with Crippen LogP contribution in [0.3, 0.4) is 0 Å². The van der Waals surface area contributed by atoms with Crippen LogP contribution < -0.4 is 4.74 Å². The molecule has 9 nitrogen and oxygen atoms in total. The fourth-order valence-corrected chi connectivity index (χ4v) is 5.08. The lowest BCUT2D eigenvalue weighted by molar-refractivity contribution is -0.135. The molecule has 2 aliphatic rings. The number of rotatable bonds is 3. The van der Waals surface area contributed by atoms with Crippen molar-refractivity contribution in [3.05, 3.63) is 71.5 Å². The summed E-state index contributed by atoms with van der Waals surface area (Å²) >= 11 is 0. The van der Waals surface area contributed by atoms with Gasteiger partial charge in [-0.25, -0.2) is 4.68 Å². The van der Waals surface area contributed by atoms with Crippen LogP contribution >= 0.6 is 0 Å². The molecule has 188 valence electrons. The SMILES string of the molecule is O=C(c1ccc(Cn2cnnn2)cc1)N1CCCOc2cccc(c2)CCC2CCCCN2C(=O)C1. The van der Waals surface area contributed by atoms with Gasteiger partial charge in [0.2, 0.25) is 5.91 Å². The van der Waals surface area contributed by atoms with Gasteiger partial charge in [0.1, 0.15) is 18.6 Å². The Balaban J connectivity index is 1.33. The number of hydrogen-bond donors (Lipinski definition) is 0. The predicted octanol–water partition coefficient (Wildman–Crippen LogP) is 2.96. The maximum atomic E-state index is 13.5. The van der Waals surface area contributed by atoms with Crippen LogP contribution in [0, 0.1) is 0 Å². The van der Waals surface area contributed by atoms with Crippen molar-refractivity contribution in [2.24, 2.45) is 0 Å². The first-order chi connectivity index (χ1) is 17.7. The molecule has 3 aromatic rings. The summed E-state index contributed by atoms with van der Waals surface area (Å²) in [5.74, 6) is 0.757.